The van der Waals surface area contributed by atoms with Gasteiger partial charge in [0.1, 0.15) is 0 Å². The number of thiazole rings is 1. The van der Waals surface area contributed by atoms with Crippen LogP contribution in [0.4, 0.5) is 0 Å². The van der Waals surface area contributed by atoms with Gasteiger partial charge < -0.3 is 14.0 Å². The van der Waals surface area contributed by atoms with Gasteiger partial charge in [0, 0.05) is 13.7 Å². The topological polar surface area (TPSA) is 52.8 Å². The number of methoxy groups -OCH3 is 1. The van der Waals surface area contributed by atoms with Gasteiger partial charge in [0.15, 0.2) is 4.80 Å². The van der Waals surface area contributed by atoms with Crippen LogP contribution in [0.15, 0.2) is 4.99 Å². The fourth-order valence-corrected chi connectivity index (χ4v) is 6.93. The first-order chi connectivity index (χ1) is 11.7. The first-order valence-corrected chi connectivity index (χ1v) is 9.88. The predicted octanol–water partition coefficient (Wildman–Crippen LogP) is 2.48. The number of rotatable bonds is 4. The monoisotopic (exact) mass is 348 g/mol. The normalized spacial score (nSPS) is 36.7. The molecule has 4 aliphatic carbocycles. The quantitative estimate of drug-likeness (QED) is 0.840. The van der Waals surface area contributed by atoms with Crippen LogP contribution in [0.3, 0.4) is 0 Å². The first-order valence-electron chi connectivity index (χ1n) is 9.07. The zero-order valence-corrected chi connectivity index (χ0v) is 14.9. The van der Waals surface area contributed by atoms with Gasteiger partial charge in [-0.25, -0.2) is 0 Å². The number of hydrogen-bond acceptors (Lipinski definition) is 4. The number of nitrogens with zero attached hydrogens (tertiary/aromatic N) is 2. The minimum atomic E-state index is -0.127. The maximum absolute atomic E-state index is 13.2. The molecule has 0 saturated heterocycles. The van der Waals surface area contributed by atoms with Gasteiger partial charge in [0.25, 0.3) is 5.91 Å². The van der Waals surface area contributed by atoms with Gasteiger partial charge in [0.05, 0.1) is 35.8 Å². The molecule has 6 heteroatoms. The van der Waals surface area contributed by atoms with E-state index >= 15 is 0 Å². The third-order valence-electron chi connectivity index (χ3n) is 6.70. The standard InChI is InChI=1S/C18H24N2O3S/c1-22-3-2-20-14-9-23-10-15(14)24-17(20)19-16(21)18-7-11-4-12(8-18)6-13(18)5-11/h11-13H,2-10H2,1H3/b19-17-. The van der Waals surface area contributed by atoms with Crippen molar-refractivity contribution in [1.29, 1.82) is 0 Å². The first kappa shape index (κ1) is 15.3. The Kier molecular flexibility index (Phi) is 3.51. The fourth-order valence-electron chi connectivity index (χ4n) is 5.84. The van der Waals surface area contributed by atoms with E-state index in [1.165, 1.54) is 29.8 Å². The molecule has 1 aliphatic heterocycles. The second-order valence-electron chi connectivity index (χ2n) is 8.01. The van der Waals surface area contributed by atoms with E-state index < -0.39 is 0 Å². The highest BCUT2D eigenvalue weighted by atomic mass is 32.1. The predicted molar refractivity (Wildman–Crippen MR) is 89.2 cm³/mol. The van der Waals surface area contributed by atoms with Crippen molar-refractivity contribution >= 4 is 17.2 Å². The van der Waals surface area contributed by atoms with Crippen LogP contribution in [0.1, 0.15) is 42.7 Å². The number of ether oxygens (including phenoxy) is 2. The molecule has 2 unspecified atom stereocenters. The summed E-state index contributed by atoms with van der Waals surface area (Å²) < 4.78 is 12.9. The number of fused-ring (bicyclic) bond motifs is 1. The number of aromatic nitrogens is 1. The van der Waals surface area contributed by atoms with Crippen LogP contribution < -0.4 is 4.80 Å². The van der Waals surface area contributed by atoms with E-state index in [1.807, 2.05) is 0 Å². The summed E-state index contributed by atoms with van der Waals surface area (Å²) >= 11 is 1.62. The Morgan fingerprint density at radius 1 is 1.33 bits per heavy atom. The van der Waals surface area contributed by atoms with Crippen LogP contribution in [0, 0.1) is 23.2 Å². The molecule has 1 aromatic heterocycles. The SMILES string of the molecule is COCCn1c2c(s/c1=N\C(=O)C13CC4CC(CC1C4)C3)COC2. The van der Waals surface area contributed by atoms with Crippen molar-refractivity contribution in [2.75, 3.05) is 13.7 Å². The number of hydrogen-bond donors (Lipinski definition) is 0. The summed E-state index contributed by atoms with van der Waals surface area (Å²) in [5.74, 6) is 2.32. The molecule has 6 rings (SSSR count). The second-order valence-corrected chi connectivity index (χ2v) is 9.07. The van der Waals surface area contributed by atoms with E-state index in [2.05, 4.69) is 9.56 Å². The lowest BCUT2D eigenvalue weighted by Crippen LogP contribution is -2.33. The molecule has 0 radical (unpaired) electrons. The summed E-state index contributed by atoms with van der Waals surface area (Å²) in [5.41, 5.74) is 1.05. The van der Waals surface area contributed by atoms with Crippen molar-refractivity contribution < 1.29 is 14.3 Å². The molecule has 4 saturated carbocycles. The molecule has 2 atom stereocenters. The van der Waals surface area contributed by atoms with E-state index in [0.717, 1.165) is 36.0 Å². The molecule has 130 valence electrons. The lowest BCUT2D eigenvalue weighted by molar-refractivity contribution is -0.129. The number of carbonyl (C=O) groups excluding carboxylic acids is 1. The molecular formula is C18H24N2O3S. The third-order valence-corrected chi connectivity index (χ3v) is 7.79. The van der Waals surface area contributed by atoms with Crippen LogP contribution in [0.5, 0.6) is 0 Å². The number of carbonyl (C=O) groups is 1. The van der Waals surface area contributed by atoms with E-state index in [1.54, 1.807) is 18.4 Å². The fraction of sp³-hybridized carbons (Fsp3) is 0.778. The van der Waals surface area contributed by atoms with Crippen LogP contribution >= 0.6 is 11.3 Å². The molecule has 0 aromatic carbocycles. The summed E-state index contributed by atoms with van der Waals surface area (Å²) in [7, 11) is 1.71. The lowest BCUT2D eigenvalue weighted by Gasteiger charge is -2.29. The van der Waals surface area contributed by atoms with E-state index in [0.29, 0.717) is 25.7 Å². The molecule has 1 aromatic rings. The maximum atomic E-state index is 13.2. The van der Waals surface area contributed by atoms with Gasteiger partial charge in [-0.05, 0) is 49.9 Å². The summed E-state index contributed by atoms with van der Waals surface area (Å²) in [4.78, 5) is 19.9. The van der Waals surface area contributed by atoms with Gasteiger partial charge >= 0.3 is 0 Å². The van der Waals surface area contributed by atoms with E-state index in [-0.39, 0.29) is 11.3 Å². The van der Waals surface area contributed by atoms with Crippen LogP contribution in [-0.4, -0.2) is 24.2 Å². The Morgan fingerprint density at radius 3 is 2.88 bits per heavy atom. The molecule has 4 bridgehead atoms. The zero-order chi connectivity index (χ0) is 16.3. The third kappa shape index (κ3) is 2.12. The average Bonchev–Trinajstić information content (AvgIpc) is 3.24. The minimum absolute atomic E-state index is 0.127. The van der Waals surface area contributed by atoms with Crippen LogP contribution in [0.2, 0.25) is 0 Å². The van der Waals surface area contributed by atoms with Gasteiger partial charge in [-0.2, -0.15) is 4.99 Å². The maximum Gasteiger partial charge on any atom is 0.254 e. The zero-order valence-electron chi connectivity index (χ0n) is 14.1. The minimum Gasteiger partial charge on any atom is -0.383 e. The Morgan fingerprint density at radius 2 is 2.12 bits per heavy atom. The second kappa shape index (κ2) is 5.51. The highest BCUT2D eigenvalue weighted by Crippen LogP contribution is 2.65. The molecule has 5 nitrogen and oxygen atoms in total. The summed E-state index contributed by atoms with van der Waals surface area (Å²) in [5, 5.41) is 0. The Balaban J connectivity index is 1.51. The lowest BCUT2D eigenvalue weighted by atomic mass is 9.75. The summed E-state index contributed by atoms with van der Waals surface area (Å²) in [6.07, 6.45) is 6.04. The Bertz CT molecular complexity index is 736. The smallest absolute Gasteiger partial charge is 0.254 e. The molecule has 0 spiro atoms. The van der Waals surface area contributed by atoms with Crippen molar-refractivity contribution in [2.45, 2.75) is 51.9 Å². The van der Waals surface area contributed by atoms with Crippen LogP contribution in [0.25, 0.3) is 0 Å². The van der Waals surface area contributed by atoms with Crippen molar-refractivity contribution in [3.8, 4) is 0 Å². The largest absolute Gasteiger partial charge is 0.383 e. The van der Waals surface area contributed by atoms with Gasteiger partial charge in [0.2, 0.25) is 0 Å². The summed E-state index contributed by atoms with van der Waals surface area (Å²) in [6, 6.07) is 0. The molecule has 2 heterocycles. The van der Waals surface area contributed by atoms with Crippen molar-refractivity contribution in [1.82, 2.24) is 4.57 Å². The van der Waals surface area contributed by atoms with Gasteiger partial charge in [-0.1, -0.05) is 11.3 Å². The van der Waals surface area contributed by atoms with E-state index in [4.69, 9.17) is 9.47 Å². The molecule has 5 aliphatic rings. The van der Waals surface area contributed by atoms with Crippen molar-refractivity contribution in [2.24, 2.45) is 28.2 Å². The van der Waals surface area contributed by atoms with Crippen molar-refractivity contribution in [3.05, 3.63) is 15.4 Å². The molecule has 0 N–H and O–H groups in total. The Labute approximate surface area is 145 Å². The van der Waals surface area contributed by atoms with Crippen LogP contribution in [-0.2, 0) is 34.0 Å². The average molecular weight is 348 g/mol. The molecule has 24 heavy (non-hydrogen) atoms. The summed E-state index contributed by atoms with van der Waals surface area (Å²) in [6.45, 7) is 2.63. The molecule has 1 amide bonds. The number of amides is 1. The molecule has 4 fully saturated rings. The highest BCUT2D eigenvalue weighted by Gasteiger charge is 2.61. The van der Waals surface area contributed by atoms with Gasteiger partial charge in [-0.15, -0.1) is 0 Å². The Hall–Kier alpha value is -0.980. The van der Waals surface area contributed by atoms with Crippen molar-refractivity contribution in [3.63, 3.8) is 0 Å². The van der Waals surface area contributed by atoms with E-state index in [9.17, 15) is 4.79 Å². The highest BCUT2D eigenvalue weighted by molar-refractivity contribution is 7.09. The molecular weight excluding hydrogens is 324 g/mol. The van der Waals surface area contributed by atoms with Gasteiger partial charge in [-0.3, -0.25) is 4.79 Å².